The number of benzene rings is 2. The lowest BCUT2D eigenvalue weighted by Gasteiger charge is -2.57. The van der Waals surface area contributed by atoms with E-state index >= 15 is 0 Å². The Kier molecular flexibility index (Phi) is 8.50. The smallest absolute Gasteiger partial charge is 0.0857 e. The fourth-order valence-corrected chi connectivity index (χ4v) is 5.74. The Morgan fingerprint density at radius 2 is 1.55 bits per heavy atom. The first-order valence-corrected chi connectivity index (χ1v) is 12.5. The Labute approximate surface area is 198 Å². The van der Waals surface area contributed by atoms with Crippen molar-refractivity contribution in [1.29, 1.82) is 0 Å². The third kappa shape index (κ3) is 4.67. The predicted octanol–water partition coefficient (Wildman–Crippen LogP) is 8.12. The van der Waals surface area contributed by atoms with Crippen LogP contribution in [-0.4, -0.2) is 28.5 Å². The molecule has 2 aromatic carbocycles. The first kappa shape index (κ1) is 24.2. The molecule has 0 N–H and O–H groups in total. The van der Waals surface area contributed by atoms with Crippen LogP contribution in [0.5, 0.6) is 0 Å². The lowest BCUT2D eigenvalue weighted by Crippen LogP contribution is -2.62. The van der Waals surface area contributed by atoms with Gasteiger partial charge < -0.3 is 5.01 Å². The van der Waals surface area contributed by atoms with Crippen LogP contribution in [0.2, 0.25) is 5.02 Å². The molecule has 1 aliphatic heterocycles. The molecule has 0 fully saturated rings. The van der Waals surface area contributed by atoms with Crippen molar-refractivity contribution in [3.8, 4) is 0 Å². The molecular formula is C27H36Cl2N2. The van der Waals surface area contributed by atoms with Gasteiger partial charge in [-0.15, -0.1) is 11.6 Å². The van der Waals surface area contributed by atoms with Crippen LogP contribution in [0.1, 0.15) is 70.9 Å². The second kappa shape index (κ2) is 10.9. The van der Waals surface area contributed by atoms with Crippen LogP contribution in [0.4, 0.5) is 0 Å². The first-order chi connectivity index (χ1) is 15.0. The van der Waals surface area contributed by atoms with E-state index in [9.17, 15) is 0 Å². The number of hydrogen-bond donors (Lipinski definition) is 0. The summed E-state index contributed by atoms with van der Waals surface area (Å²) in [6.45, 7) is 10.9. The number of rotatable bonds is 9. The average Bonchev–Trinajstić information content (AvgIpc) is 2.79. The van der Waals surface area contributed by atoms with Crippen molar-refractivity contribution in [1.82, 2.24) is 10.0 Å². The quantitative estimate of drug-likeness (QED) is 0.350. The van der Waals surface area contributed by atoms with E-state index < -0.39 is 0 Å². The Morgan fingerprint density at radius 3 is 2.13 bits per heavy atom. The molecule has 0 saturated carbocycles. The zero-order valence-electron chi connectivity index (χ0n) is 19.4. The molecule has 0 radical (unpaired) electrons. The van der Waals surface area contributed by atoms with E-state index in [0.29, 0.717) is 0 Å². The summed E-state index contributed by atoms with van der Waals surface area (Å²) in [5, 5.41) is 5.65. The van der Waals surface area contributed by atoms with E-state index in [1.807, 2.05) is 12.1 Å². The highest BCUT2D eigenvalue weighted by molar-refractivity contribution is 6.30. The molecule has 0 spiro atoms. The van der Waals surface area contributed by atoms with Crippen LogP contribution < -0.4 is 0 Å². The standard InChI is InChI=1S/C27H36Cl2N2/c1-5-8-19-27(23-13-11-10-12-14-23)26(29)25(22-15-17-24(28)18-16-22)21(4)30(7-3)31(27)20-9-6-2/h10-18,26H,5-9,19-20H2,1-4H3. The summed E-state index contributed by atoms with van der Waals surface area (Å²) < 4.78 is 0. The zero-order valence-corrected chi connectivity index (χ0v) is 20.9. The van der Waals surface area contributed by atoms with Gasteiger partial charge in [0.15, 0.2) is 0 Å². The molecule has 2 unspecified atom stereocenters. The fraction of sp³-hybridized carbons (Fsp3) is 0.481. The minimum Gasteiger partial charge on any atom is -0.309 e. The van der Waals surface area contributed by atoms with Crippen LogP contribution in [0, 0.1) is 0 Å². The molecule has 0 amide bonds. The molecule has 0 aromatic heterocycles. The van der Waals surface area contributed by atoms with Crippen molar-refractivity contribution >= 4 is 28.8 Å². The highest BCUT2D eigenvalue weighted by atomic mass is 35.5. The van der Waals surface area contributed by atoms with Gasteiger partial charge in [0.05, 0.1) is 10.9 Å². The van der Waals surface area contributed by atoms with Crippen molar-refractivity contribution in [3.05, 3.63) is 76.4 Å². The summed E-state index contributed by atoms with van der Waals surface area (Å²) in [6, 6.07) is 19.1. The number of alkyl halides is 1. The minimum atomic E-state index is -0.293. The van der Waals surface area contributed by atoms with Crippen LogP contribution in [-0.2, 0) is 5.54 Å². The Balaban J connectivity index is 2.27. The molecule has 1 heterocycles. The molecule has 0 aliphatic carbocycles. The van der Waals surface area contributed by atoms with E-state index in [-0.39, 0.29) is 10.9 Å². The SMILES string of the molecule is CCCCN1N(CC)C(C)=C(c2ccc(Cl)cc2)C(Cl)C1(CCCC)c1ccccc1. The van der Waals surface area contributed by atoms with Crippen molar-refractivity contribution in [3.63, 3.8) is 0 Å². The van der Waals surface area contributed by atoms with Crippen molar-refractivity contribution < 1.29 is 0 Å². The van der Waals surface area contributed by atoms with Gasteiger partial charge in [0, 0.05) is 23.8 Å². The van der Waals surface area contributed by atoms with Crippen LogP contribution in [0.25, 0.3) is 5.57 Å². The Bertz CT molecular complexity index is 863. The van der Waals surface area contributed by atoms with Gasteiger partial charge in [-0.25, -0.2) is 5.01 Å². The van der Waals surface area contributed by atoms with Crippen LogP contribution in [0.3, 0.4) is 0 Å². The average molecular weight is 460 g/mol. The molecule has 31 heavy (non-hydrogen) atoms. The lowest BCUT2D eigenvalue weighted by atomic mass is 9.75. The molecule has 2 nitrogen and oxygen atoms in total. The van der Waals surface area contributed by atoms with Gasteiger partial charge in [0.2, 0.25) is 0 Å². The molecule has 2 aromatic rings. The number of hydrogen-bond acceptors (Lipinski definition) is 2. The van der Waals surface area contributed by atoms with Crippen LogP contribution in [0.15, 0.2) is 60.3 Å². The van der Waals surface area contributed by atoms with Gasteiger partial charge in [-0.05, 0) is 55.5 Å². The van der Waals surface area contributed by atoms with Gasteiger partial charge in [0.1, 0.15) is 0 Å². The summed E-state index contributed by atoms with van der Waals surface area (Å²) in [5.41, 5.74) is 4.62. The number of nitrogens with zero attached hydrogens (tertiary/aromatic N) is 2. The molecule has 0 saturated heterocycles. The maximum Gasteiger partial charge on any atom is 0.0857 e. The van der Waals surface area contributed by atoms with E-state index in [1.54, 1.807) is 0 Å². The summed E-state index contributed by atoms with van der Waals surface area (Å²) >= 11 is 13.8. The van der Waals surface area contributed by atoms with Crippen LogP contribution >= 0.6 is 23.2 Å². The third-order valence-electron chi connectivity index (χ3n) is 6.57. The molecule has 2 atom stereocenters. The monoisotopic (exact) mass is 458 g/mol. The van der Waals surface area contributed by atoms with Crippen molar-refractivity contribution in [2.45, 2.75) is 70.7 Å². The fourth-order valence-electron chi connectivity index (χ4n) is 4.98. The highest BCUT2D eigenvalue weighted by Crippen LogP contribution is 2.51. The first-order valence-electron chi connectivity index (χ1n) is 11.7. The topological polar surface area (TPSA) is 6.48 Å². The number of hydrazine groups is 1. The summed E-state index contributed by atoms with van der Waals surface area (Å²) in [6.07, 6.45) is 5.60. The summed E-state index contributed by atoms with van der Waals surface area (Å²) in [5.74, 6) is 0. The number of allylic oxidation sites excluding steroid dienone is 1. The third-order valence-corrected chi connectivity index (χ3v) is 7.40. The second-order valence-corrected chi connectivity index (χ2v) is 9.33. The molecule has 0 bridgehead atoms. The maximum atomic E-state index is 7.58. The lowest BCUT2D eigenvalue weighted by molar-refractivity contribution is -0.101. The minimum absolute atomic E-state index is 0.165. The van der Waals surface area contributed by atoms with Gasteiger partial charge in [-0.2, -0.15) is 0 Å². The zero-order chi connectivity index (χ0) is 22.4. The number of unbranched alkanes of at least 4 members (excludes halogenated alkanes) is 2. The summed E-state index contributed by atoms with van der Waals surface area (Å²) in [4.78, 5) is 0. The molecule has 3 rings (SSSR count). The van der Waals surface area contributed by atoms with Gasteiger partial charge >= 0.3 is 0 Å². The molecule has 4 heteroatoms. The Morgan fingerprint density at radius 1 is 0.903 bits per heavy atom. The van der Waals surface area contributed by atoms with Crippen molar-refractivity contribution in [2.24, 2.45) is 0 Å². The number of halogens is 2. The molecular weight excluding hydrogens is 423 g/mol. The molecule has 168 valence electrons. The van der Waals surface area contributed by atoms with Gasteiger partial charge in [-0.3, -0.25) is 0 Å². The Hall–Kier alpha value is -1.48. The summed E-state index contributed by atoms with van der Waals surface area (Å²) in [7, 11) is 0. The van der Waals surface area contributed by atoms with E-state index in [4.69, 9.17) is 23.2 Å². The van der Waals surface area contributed by atoms with Crippen molar-refractivity contribution in [2.75, 3.05) is 13.1 Å². The predicted molar refractivity (Wildman–Crippen MR) is 135 cm³/mol. The highest BCUT2D eigenvalue weighted by Gasteiger charge is 2.51. The largest absolute Gasteiger partial charge is 0.309 e. The maximum absolute atomic E-state index is 7.58. The van der Waals surface area contributed by atoms with E-state index in [1.165, 1.54) is 16.8 Å². The second-order valence-electron chi connectivity index (χ2n) is 8.45. The van der Waals surface area contributed by atoms with Gasteiger partial charge in [0.25, 0.3) is 0 Å². The molecule has 1 aliphatic rings. The van der Waals surface area contributed by atoms with E-state index in [0.717, 1.165) is 55.8 Å². The van der Waals surface area contributed by atoms with Gasteiger partial charge in [-0.1, -0.05) is 87.2 Å². The van der Waals surface area contributed by atoms with E-state index in [2.05, 4.69) is 80.2 Å². The normalized spacial score (nSPS) is 22.3.